The Balaban J connectivity index is 1.64. The second kappa shape index (κ2) is 4.68. The molecule has 1 aliphatic heterocycles. The fourth-order valence-electron chi connectivity index (χ4n) is 2.66. The van der Waals surface area contributed by atoms with Gasteiger partial charge in [0, 0.05) is 24.6 Å². The van der Waals surface area contributed by atoms with Crippen molar-refractivity contribution >= 4 is 11.8 Å². The molecule has 100 valence electrons. The van der Waals surface area contributed by atoms with Crippen LogP contribution < -0.4 is 5.32 Å². The van der Waals surface area contributed by atoms with Crippen LogP contribution in [0.1, 0.15) is 35.2 Å². The number of carbonyl (C=O) groups is 2. The van der Waals surface area contributed by atoms with Gasteiger partial charge in [-0.1, -0.05) is 18.2 Å². The van der Waals surface area contributed by atoms with Crippen LogP contribution in [-0.2, 0) is 4.79 Å². The van der Waals surface area contributed by atoms with Crippen LogP contribution in [0.3, 0.4) is 0 Å². The van der Waals surface area contributed by atoms with E-state index in [2.05, 4.69) is 5.32 Å². The van der Waals surface area contributed by atoms with Crippen LogP contribution in [0.2, 0.25) is 0 Å². The summed E-state index contributed by atoms with van der Waals surface area (Å²) < 4.78 is 0. The number of nitrogens with zero attached hydrogens (tertiary/aromatic N) is 1. The van der Waals surface area contributed by atoms with Gasteiger partial charge in [0.05, 0.1) is 6.04 Å². The normalized spacial score (nSPS) is 22.7. The summed E-state index contributed by atoms with van der Waals surface area (Å²) in [5.41, 5.74) is 1.66. The van der Waals surface area contributed by atoms with Gasteiger partial charge in [-0.05, 0) is 31.4 Å². The van der Waals surface area contributed by atoms with Crippen LogP contribution in [0.25, 0.3) is 0 Å². The summed E-state index contributed by atoms with van der Waals surface area (Å²) in [7, 11) is 0. The summed E-state index contributed by atoms with van der Waals surface area (Å²) >= 11 is 0. The van der Waals surface area contributed by atoms with Gasteiger partial charge in [-0.15, -0.1) is 0 Å². The van der Waals surface area contributed by atoms with E-state index in [9.17, 15) is 9.59 Å². The summed E-state index contributed by atoms with van der Waals surface area (Å²) in [6, 6.07) is 7.91. The number of likely N-dealkylation sites (tertiary alicyclic amines) is 1. The van der Waals surface area contributed by atoms with Gasteiger partial charge in [0.15, 0.2) is 0 Å². The van der Waals surface area contributed by atoms with Crippen LogP contribution in [-0.4, -0.2) is 35.3 Å². The maximum Gasteiger partial charge on any atom is 0.251 e. The highest BCUT2D eigenvalue weighted by molar-refractivity contribution is 5.96. The molecule has 2 aliphatic rings. The van der Waals surface area contributed by atoms with Crippen LogP contribution in [0.5, 0.6) is 0 Å². The van der Waals surface area contributed by atoms with Crippen molar-refractivity contribution in [3.8, 4) is 0 Å². The number of hydrogen-bond acceptors (Lipinski definition) is 2. The highest BCUT2D eigenvalue weighted by Gasteiger charge is 2.39. The number of benzene rings is 1. The quantitative estimate of drug-likeness (QED) is 0.893. The van der Waals surface area contributed by atoms with Crippen LogP contribution in [0.15, 0.2) is 24.3 Å². The van der Waals surface area contributed by atoms with Crippen molar-refractivity contribution in [1.29, 1.82) is 0 Å². The monoisotopic (exact) mass is 258 g/mol. The molecule has 1 aliphatic carbocycles. The van der Waals surface area contributed by atoms with Gasteiger partial charge in [0.2, 0.25) is 5.91 Å². The molecular weight excluding hydrogens is 240 g/mol. The third kappa shape index (κ3) is 2.48. The van der Waals surface area contributed by atoms with Crippen molar-refractivity contribution < 1.29 is 9.59 Å². The molecule has 0 bridgehead atoms. The van der Waals surface area contributed by atoms with Crippen LogP contribution >= 0.6 is 0 Å². The van der Waals surface area contributed by atoms with Gasteiger partial charge < -0.3 is 10.2 Å². The van der Waals surface area contributed by atoms with Gasteiger partial charge in [0.25, 0.3) is 5.91 Å². The lowest BCUT2D eigenvalue weighted by molar-refractivity contribution is -0.128. The minimum atomic E-state index is -0.0754. The Labute approximate surface area is 112 Å². The Morgan fingerprint density at radius 3 is 2.74 bits per heavy atom. The number of carbonyl (C=O) groups excluding carboxylic acids is 2. The van der Waals surface area contributed by atoms with E-state index in [-0.39, 0.29) is 17.9 Å². The third-order valence-corrected chi connectivity index (χ3v) is 3.87. The molecule has 0 aromatic heterocycles. The SMILES string of the molecule is Cc1ccccc1C(=O)NC1CC(=O)N(C2CC2)C1. The van der Waals surface area contributed by atoms with Gasteiger partial charge in [0.1, 0.15) is 0 Å². The number of rotatable bonds is 3. The lowest BCUT2D eigenvalue weighted by Crippen LogP contribution is -2.37. The van der Waals surface area contributed by atoms with E-state index < -0.39 is 0 Å². The highest BCUT2D eigenvalue weighted by Crippen LogP contribution is 2.30. The second-order valence-corrected chi connectivity index (χ2v) is 5.47. The molecule has 4 nitrogen and oxygen atoms in total. The minimum absolute atomic E-state index is 0.0415. The van der Waals surface area contributed by atoms with E-state index in [4.69, 9.17) is 0 Å². The van der Waals surface area contributed by atoms with Crippen molar-refractivity contribution in [2.45, 2.75) is 38.3 Å². The molecule has 1 atom stereocenters. The maximum atomic E-state index is 12.2. The molecule has 0 radical (unpaired) electrons. The van der Waals surface area contributed by atoms with Crippen LogP contribution in [0, 0.1) is 6.92 Å². The van der Waals surface area contributed by atoms with E-state index >= 15 is 0 Å². The average Bonchev–Trinajstić information content (AvgIpc) is 3.15. The highest BCUT2D eigenvalue weighted by atomic mass is 16.2. The molecule has 2 fully saturated rings. The fraction of sp³-hybridized carbons (Fsp3) is 0.467. The molecule has 1 heterocycles. The molecular formula is C15H18N2O2. The minimum Gasteiger partial charge on any atom is -0.347 e. The van der Waals surface area contributed by atoms with Crippen molar-refractivity contribution in [3.05, 3.63) is 35.4 Å². The fourth-order valence-corrected chi connectivity index (χ4v) is 2.66. The molecule has 1 unspecified atom stereocenters. The molecule has 2 amide bonds. The number of amides is 2. The van der Waals surface area contributed by atoms with Gasteiger partial charge in [-0.25, -0.2) is 0 Å². The molecule has 0 spiro atoms. The van der Waals surface area contributed by atoms with E-state index in [1.54, 1.807) is 0 Å². The predicted octanol–water partition coefficient (Wildman–Crippen LogP) is 1.49. The first kappa shape index (κ1) is 12.2. The molecule has 1 aromatic carbocycles. The molecule has 3 rings (SSSR count). The van der Waals surface area contributed by atoms with Gasteiger partial charge in [-0.2, -0.15) is 0 Å². The Kier molecular flexibility index (Phi) is 3.01. The molecule has 1 N–H and O–H groups in total. The Morgan fingerprint density at radius 1 is 1.32 bits per heavy atom. The summed E-state index contributed by atoms with van der Waals surface area (Å²) in [6.07, 6.45) is 2.67. The van der Waals surface area contributed by atoms with Crippen LogP contribution in [0.4, 0.5) is 0 Å². The average molecular weight is 258 g/mol. The van der Waals surface area contributed by atoms with E-state index in [1.165, 1.54) is 0 Å². The lowest BCUT2D eigenvalue weighted by Gasteiger charge is -2.16. The molecule has 4 heteroatoms. The summed E-state index contributed by atoms with van der Waals surface area (Å²) in [4.78, 5) is 25.9. The van der Waals surface area contributed by atoms with E-state index in [0.717, 1.165) is 18.4 Å². The predicted molar refractivity (Wildman–Crippen MR) is 71.8 cm³/mol. The standard InChI is InChI=1S/C15H18N2O2/c1-10-4-2-3-5-13(10)15(19)16-11-8-14(18)17(9-11)12-6-7-12/h2-5,11-12H,6-9H2,1H3,(H,16,19). The number of hydrogen-bond donors (Lipinski definition) is 1. The molecule has 19 heavy (non-hydrogen) atoms. The van der Waals surface area contributed by atoms with Crippen molar-refractivity contribution in [2.24, 2.45) is 0 Å². The lowest BCUT2D eigenvalue weighted by atomic mass is 10.1. The Bertz CT molecular complexity index is 523. The number of nitrogens with one attached hydrogen (secondary N) is 1. The number of aryl methyl sites for hydroxylation is 1. The first-order valence-electron chi connectivity index (χ1n) is 6.81. The zero-order chi connectivity index (χ0) is 13.4. The van der Waals surface area contributed by atoms with Crippen molar-refractivity contribution in [3.63, 3.8) is 0 Å². The Morgan fingerprint density at radius 2 is 2.05 bits per heavy atom. The van der Waals surface area contributed by atoms with E-state index in [1.807, 2.05) is 36.1 Å². The largest absolute Gasteiger partial charge is 0.347 e. The molecule has 1 aromatic rings. The molecule has 1 saturated carbocycles. The first-order chi connectivity index (χ1) is 9.15. The smallest absolute Gasteiger partial charge is 0.251 e. The molecule has 1 saturated heterocycles. The third-order valence-electron chi connectivity index (χ3n) is 3.87. The summed E-state index contributed by atoms with van der Waals surface area (Å²) in [6.45, 7) is 2.59. The van der Waals surface area contributed by atoms with Crippen molar-refractivity contribution in [1.82, 2.24) is 10.2 Å². The maximum absolute atomic E-state index is 12.2. The van der Waals surface area contributed by atoms with Crippen molar-refractivity contribution in [2.75, 3.05) is 6.54 Å². The first-order valence-corrected chi connectivity index (χ1v) is 6.81. The van der Waals surface area contributed by atoms with Gasteiger partial charge in [-0.3, -0.25) is 9.59 Å². The Hall–Kier alpha value is -1.84. The van der Waals surface area contributed by atoms with Gasteiger partial charge >= 0.3 is 0 Å². The topological polar surface area (TPSA) is 49.4 Å². The van der Waals surface area contributed by atoms with E-state index in [0.29, 0.717) is 24.6 Å². The zero-order valence-electron chi connectivity index (χ0n) is 11.1. The zero-order valence-corrected chi connectivity index (χ0v) is 11.1. The summed E-state index contributed by atoms with van der Waals surface area (Å²) in [5, 5.41) is 2.98. The second-order valence-electron chi connectivity index (χ2n) is 5.47. The summed E-state index contributed by atoms with van der Waals surface area (Å²) in [5.74, 6) is 0.103.